The van der Waals surface area contributed by atoms with Gasteiger partial charge in [-0.25, -0.2) is 9.78 Å². The Kier molecular flexibility index (Phi) is 4.85. The average Bonchev–Trinajstić information content (AvgIpc) is 3.05. The number of oxazole rings is 1. The number of morpholine rings is 1. The number of amides is 2. The highest BCUT2D eigenvalue weighted by Gasteiger charge is 2.27. The smallest absolute Gasteiger partial charge is 0.318 e. The molecule has 1 aliphatic heterocycles. The van der Waals surface area contributed by atoms with Gasteiger partial charge < -0.3 is 19.4 Å². The number of hydrogen-bond donors (Lipinski definition) is 1. The van der Waals surface area contributed by atoms with Crippen molar-refractivity contribution in [3.8, 4) is 11.3 Å². The van der Waals surface area contributed by atoms with Gasteiger partial charge in [0.1, 0.15) is 6.04 Å². The monoisotopic (exact) mass is 329 g/mol. The molecule has 6 nitrogen and oxygen atoms in total. The molecule has 1 N–H and O–H groups in total. The molecule has 1 aliphatic rings. The lowest BCUT2D eigenvalue weighted by Gasteiger charge is -2.35. The number of hydrogen-bond acceptors (Lipinski definition) is 4. The summed E-state index contributed by atoms with van der Waals surface area (Å²) in [6.45, 7) is 6.98. The van der Waals surface area contributed by atoms with Gasteiger partial charge >= 0.3 is 6.03 Å². The van der Waals surface area contributed by atoms with Gasteiger partial charge in [-0.2, -0.15) is 0 Å². The van der Waals surface area contributed by atoms with E-state index in [1.165, 1.54) is 0 Å². The zero-order valence-electron chi connectivity index (χ0n) is 14.2. The summed E-state index contributed by atoms with van der Waals surface area (Å²) >= 11 is 0. The lowest BCUT2D eigenvalue weighted by atomic mass is 10.2. The van der Waals surface area contributed by atoms with Gasteiger partial charge in [-0.1, -0.05) is 30.3 Å². The van der Waals surface area contributed by atoms with Crippen LogP contribution in [0, 0.1) is 0 Å². The van der Waals surface area contributed by atoms with E-state index in [9.17, 15) is 4.79 Å². The van der Waals surface area contributed by atoms with E-state index in [1.807, 2.05) is 51.1 Å². The largest absolute Gasteiger partial charge is 0.438 e. The van der Waals surface area contributed by atoms with Crippen molar-refractivity contribution in [3.63, 3.8) is 0 Å². The van der Waals surface area contributed by atoms with Crippen LogP contribution < -0.4 is 5.32 Å². The number of urea groups is 1. The van der Waals surface area contributed by atoms with E-state index in [4.69, 9.17) is 9.15 Å². The zero-order chi connectivity index (χ0) is 17.1. The molecule has 3 atom stereocenters. The molecule has 1 fully saturated rings. The lowest BCUT2D eigenvalue weighted by molar-refractivity contribution is -0.0547. The van der Waals surface area contributed by atoms with E-state index in [-0.39, 0.29) is 24.3 Å². The summed E-state index contributed by atoms with van der Waals surface area (Å²) in [5.74, 6) is 1.19. The van der Waals surface area contributed by atoms with Gasteiger partial charge in [0.2, 0.25) is 5.89 Å². The molecule has 0 saturated carbocycles. The second-order valence-electron chi connectivity index (χ2n) is 6.26. The summed E-state index contributed by atoms with van der Waals surface area (Å²) in [4.78, 5) is 18.5. The Morgan fingerprint density at radius 1 is 1.25 bits per heavy atom. The van der Waals surface area contributed by atoms with Crippen molar-refractivity contribution < 1.29 is 13.9 Å². The molecular formula is C18H23N3O3. The van der Waals surface area contributed by atoms with Crippen molar-refractivity contribution in [2.75, 3.05) is 13.1 Å². The van der Waals surface area contributed by atoms with Crippen LogP contribution in [0.25, 0.3) is 11.3 Å². The normalized spacial score (nSPS) is 22.2. The second kappa shape index (κ2) is 7.05. The maximum Gasteiger partial charge on any atom is 0.318 e. The van der Waals surface area contributed by atoms with Crippen LogP contribution in [-0.2, 0) is 4.74 Å². The van der Waals surface area contributed by atoms with Crippen LogP contribution >= 0.6 is 0 Å². The Morgan fingerprint density at radius 3 is 2.58 bits per heavy atom. The molecule has 1 aromatic heterocycles. The Bertz CT molecular complexity index is 676. The predicted octanol–water partition coefficient (Wildman–Crippen LogP) is 3.22. The molecular weight excluding hydrogens is 306 g/mol. The molecule has 0 aliphatic carbocycles. The number of ether oxygens (including phenoxy) is 1. The Hall–Kier alpha value is -2.34. The zero-order valence-corrected chi connectivity index (χ0v) is 14.2. The first-order valence-corrected chi connectivity index (χ1v) is 8.25. The number of nitrogens with zero attached hydrogens (tertiary/aromatic N) is 2. The molecule has 2 heterocycles. The summed E-state index contributed by atoms with van der Waals surface area (Å²) < 4.78 is 11.4. The maximum atomic E-state index is 12.4. The van der Waals surface area contributed by atoms with Crippen molar-refractivity contribution in [1.82, 2.24) is 15.2 Å². The van der Waals surface area contributed by atoms with E-state index in [0.717, 1.165) is 5.56 Å². The molecule has 1 unspecified atom stereocenters. The van der Waals surface area contributed by atoms with Gasteiger partial charge in [0.05, 0.1) is 18.4 Å². The van der Waals surface area contributed by atoms with Gasteiger partial charge in [-0.05, 0) is 20.8 Å². The van der Waals surface area contributed by atoms with Crippen molar-refractivity contribution >= 4 is 6.03 Å². The quantitative estimate of drug-likeness (QED) is 0.939. The van der Waals surface area contributed by atoms with Crippen LogP contribution in [0.5, 0.6) is 0 Å². The Labute approximate surface area is 141 Å². The van der Waals surface area contributed by atoms with Gasteiger partial charge in [-0.3, -0.25) is 0 Å². The third-order valence-corrected chi connectivity index (χ3v) is 4.00. The number of carbonyl (C=O) groups is 1. The molecule has 1 aromatic carbocycles. The number of benzene rings is 1. The van der Waals surface area contributed by atoms with Crippen LogP contribution in [0.4, 0.5) is 4.79 Å². The topological polar surface area (TPSA) is 67.6 Å². The average molecular weight is 329 g/mol. The minimum atomic E-state index is -0.302. The number of nitrogens with one attached hydrogen (secondary N) is 1. The standard InChI is InChI=1S/C18H23N3O3/c1-12-10-21(11-13(2)23-12)18(22)20-14(3)17-19-9-16(24-17)15-7-5-4-6-8-15/h4-9,12-14H,10-11H2,1-3H3,(H,20,22)/t12-,13+,14?. The highest BCUT2D eigenvalue weighted by atomic mass is 16.5. The van der Waals surface area contributed by atoms with Crippen molar-refractivity contribution in [2.24, 2.45) is 0 Å². The van der Waals surface area contributed by atoms with Gasteiger partial charge in [0, 0.05) is 18.7 Å². The summed E-state index contributed by atoms with van der Waals surface area (Å²) in [7, 11) is 0. The molecule has 0 radical (unpaired) electrons. The summed E-state index contributed by atoms with van der Waals surface area (Å²) in [6.07, 6.45) is 1.77. The number of rotatable bonds is 3. The molecule has 3 rings (SSSR count). The van der Waals surface area contributed by atoms with Crippen molar-refractivity contribution in [1.29, 1.82) is 0 Å². The van der Waals surface area contributed by atoms with E-state index in [0.29, 0.717) is 24.7 Å². The first kappa shape index (κ1) is 16.5. The fraction of sp³-hybridized carbons (Fsp3) is 0.444. The molecule has 128 valence electrons. The van der Waals surface area contributed by atoms with Crippen LogP contribution in [0.2, 0.25) is 0 Å². The molecule has 2 aromatic rings. The molecule has 1 saturated heterocycles. The third kappa shape index (κ3) is 3.76. The van der Waals surface area contributed by atoms with E-state index in [2.05, 4.69) is 10.3 Å². The maximum absolute atomic E-state index is 12.4. The van der Waals surface area contributed by atoms with Gasteiger partial charge in [0.15, 0.2) is 5.76 Å². The lowest BCUT2D eigenvalue weighted by Crippen LogP contribution is -2.52. The molecule has 2 amide bonds. The highest BCUT2D eigenvalue weighted by molar-refractivity contribution is 5.74. The van der Waals surface area contributed by atoms with E-state index in [1.54, 1.807) is 11.1 Å². The first-order chi connectivity index (χ1) is 11.5. The highest BCUT2D eigenvalue weighted by Crippen LogP contribution is 2.23. The van der Waals surface area contributed by atoms with Crippen LogP contribution in [0.1, 0.15) is 32.7 Å². The van der Waals surface area contributed by atoms with Crippen LogP contribution in [0.15, 0.2) is 40.9 Å². The molecule has 0 bridgehead atoms. The summed E-state index contributed by atoms with van der Waals surface area (Å²) in [5, 5.41) is 2.95. The van der Waals surface area contributed by atoms with Crippen LogP contribution in [0.3, 0.4) is 0 Å². The summed E-state index contributed by atoms with van der Waals surface area (Å²) in [5.41, 5.74) is 0.964. The predicted molar refractivity (Wildman–Crippen MR) is 90.5 cm³/mol. The minimum Gasteiger partial charge on any atom is -0.438 e. The summed E-state index contributed by atoms with van der Waals surface area (Å²) in [6, 6.07) is 9.35. The fourth-order valence-electron chi connectivity index (χ4n) is 2.91. The minimum absolute atomic E-state index is 0.0428. The van der Waals surface area contributed by atoms with Gasteiger partial charge in [-0.15, -0.1) is 0 Å². The fourth-order valence-corrected chi connectivity index (χ4v) is 2.91. The SMILES string of the molecule is CC(NC(=O)N1C[C@@H](C)O[C@@H](C)C1)c1ncc(-c2ccccc2)o1. The van der Waals surface area contributed by atoms with Crippen molar-refractivity contribution in [2.45, 2.75) is 39.0 Å². The molecule has 6 heteroatoms. The van der Waals surface area contributed by atoms with Gasteiger partial charge in [0.25, 0.3) is 0 Å². The van der Waals surface area contributed by atoms with Crippen molar-refractivity contribution in [3.05, 3.63) is 42.4 Å². The Morgan fingerprint density at radius 2 is 1.92 bits per heavy atom. The molecule has 0 spiro atoms. The van der Waals surface area contributed by atoms with E-state index >= 15 is 0 Å². The van der Waals surface area contributed by atoms with E-state index < -0.39 is 0 Å². The first-order valence-electron chi connectivity index (χ1n) is 8.25. The third-order valence-electron chi connectivity index (χ3n) is 4.00. The molecule has 24 heavy (non-hydrogen) atoms. The Balaban J connectivity index is 1.64. The second-order valence-corrected chi connectivity index (χ2v) is 6.26. The number of aromatic nitrogens is 1. The number of carbonyl (C=O) groups excluding carboxylic acids is 1. The van der Waals surface area contributed by atoms with Crippen LogP contribution in [-0.4, -0.2) is 41.2 Å².